The van der Waals surface area contributed by atoms with Crippen LogP contribution in [-0.4, -0.2) is 20.5 Å². The highest BCUT2D eigenvalue weighted by atomic mass is 32.2. The average molecular weight is 241 g/mol. The van der Waals surface area contributed by atoms with Crippen molar-refractivity contribution in [3.8, 4) is 0 Å². The number of carbonyl (C=O) groups excluding carboxylic acids is 1. The molecule has 16 heavy (non-hydrogen) atoms. The first-order chi connectivity index (χ1) is 7.38. The van der Waals surface area contributed by atoms with E-state index in [2.05, 4.69) is 4.72 Å². The van der Waals surface area contributed by atoms with Gasteiger partial charge in [0, 0.05) is 6.42 Å². The Morgan fingerprint density at radius 3 is 2.50 bits per heavy atom. The van der Waals surface area contributed by atoms with E-state index in [0.29, 0.717) is 18.5 Å². The molecule has 0 fully saturated rings. The van der Waals surface area contributed by atoms with Gasteiger partial charge in [0.25, 0.3) is 0 Å². The molecule has 0 aliphatic carbocycles. The largest absolute Gasteiger partial charge is 0.300 e. The average Bonchev–Trinajstić information content (AvgIpc) is 2.14. The molecule has 0 amide bonds. The highest BCUT2D eigenvalue weighted by Crippen LogP contribution is 2.17. The lowest BCUT2D eigenvalue weighted by Gasteiger charge is -2.09. The molecular weight excluding hydrogens is 226 g/mol. The minimum atomic E-state index is -3.27. The third-order valence-electron chi connectivity index (χ3n) is 2.06. The minimum Gasteiger partial charge on any atom is -0.300 e. The van der Waals surface area contributed by atoms with Gasteiger partial charge in [0.2, 0.25) is 10.0 Å². The Morgan fingerprint density at radius 2 is 1.94 bits per heavy atom. The van der Waals surface area contributed by atoms with Gasteiger partial charge in [0.1, 0.15) is 5.78 Å². The van der Waals surface area contributed by atoms with Crippen molar-refractivity contribution in [1.82, 2.24) is 0 Å². The maximum absolute atomic E-state index is 11.1. The third-order valence-corrected chi connectivity index (χ3v) is 2.65. The van der Waals surface area contributed by atoms with Crippen LogP contribution in [0.1, 0.15) is 18.9 Å². The molecule has 0 bridgehead atoms. The molecule has 5 heteroatoms. The van der Waals surface area contributed by atoms with Crippen LogP contribution in [0.3, 0.4) is 0 Å². The van der Waals surface area contributed by atoms with E-state index in [9.17, 15) is 13.2 Å². The molecule has 0 unspecified atom stereocenters. The number of sulfonamides is 1. The molecule has 0 radical (unpaired) electrons. The summed E-state index contributed by atoms with van der Waals surface area (Å²) >= 11 is 0. The van der Waals surface area contributed by atoms with Gasteiger partial charge in [-0.2, -0.15) is 0 Å². The maximum atomic E-state index is 11.1. The van der Waals surface area contributed by atoms with E-state index in [1.807, 2.05) is 12.1 Å². The van der Waals surface area contributed by atoms with E-state index in [4.69, 9.17) is 0 Å². The molecular formula is C11H15NO3S. The van der Waals surface area contributed by atoms with Gasteiger partial charge in [-0.1, -0.05) is 18.2 Å². The number of rotatable bonds is 5. The number of aryl methyl sites for hydroxylation is 1. The fourth-order valence-electron chi connectivity index (χ4n) is 1.35. The van der Waals surface area contributed by atoms with E-state index >= 15 is 0 Å². The highest BCUT2D eigenvalue weighted by molar-refractivity contribution is 7.92. The summed E-state index contributed by atoms with van der Waals surface area (Å²) in [4.78, 5) is 10.9. The Balaban J connectivity index is 2.87. The fraction of sp³-hybridized carbons (Fsp3) is 0.364. The van der Waals surface area contributed by atoms with Crippen LogP contribution < -0.4 is 4.72 Å². The van der Waals surface area contributed by atoms with Crippen LogP contribution in [0.5, 0.6) is 0 Å². The van der Waals surface area contributed by atoms with Gasteiger partial charge in [-0.3, -0.25) is 4.72 Å². The van der Waals surface area contributed by atoms with Crippen molar-refractivity contribution >= 4 is 21.5 Å². The van der Waals surface area contributed by atoms with Crippen LogP contribution in [-0.2, 0) is 21.2 Å². The number of anilines is 1. The quantitative estimate of drug-likeness (QED) is 0.851. The number of hydrogen-bond donors (Lipinski definition) is 1. The van der Waals surface area contributed by atoms with Gasteiger partial charge < -0.3 is 4.79 Å². The zero-order valence-corrected chi connectivity index (χ0v) is 10.2. The lowest BCUT2D eigenvalue weighted by atomic mass is 10.1. The molecule has 1 rings (SSSR count). The van der Waals surface area contributed by atoms with Crippen LogP contribution in [0, 0.1) is 0 Å². The van der Waals surface area contributed by atoms with Crippen molar-refractivity contribution in [2.24, 2.45) is 0 Å². The van der Waals surface area contributed by atoms with Crippen molar-refractivity contribution in [3.05, 3.63) is 29.8 Å². The summed E-state index contributed by atoms with van der Waals surface area (Å²) in [5.41, 5.74) is 1.38. The Bertz CT molecular complexity index is 480. The summed E-state index contributed by atoms with van der Waals surface area (Å²) in [5, 5.41) is 0. The van der Waals surface area contributed by atoms with Crippen molar-refractivity contribution in [1.29, 1.82) is 0 Å². The maximum Gasteiger partial charge on any atom is 0.229 e. The summed E-state index contributed by atoms with van der Waals surface area (Å²) in [7, 11) is -3.27. The Hall–Kier alpha value is -1.36. The first-order valence-electron chi connectivity index (χ1n) is 4.93. The van der Waals surface area contributed by atoms with Gasteiger partial charge in [0.15, 0.2) is 0 Å². The third kappa shape index (κ3) is 4.44. The first-order valence-corrected chi connectivity index (χ1v) is 6.83. The lowest BCUT2D eigenvalue weighted by Crippen LogP contribution is -2.11. The standard InChI is InChI=1S/C11H15NO3S/c1-9(13)7-8-10-5-3-4-6-11(10)12-16(2,14)15/h3-6,12H,7-8H2,1-2H3. The molecule has 0 aliphatic rings. The number of benzene rings is 1. The van der Waals surface area contributed by atoms with Gasteiger partial charge in [0.05, 0.1) is 11.9 Å². The number of nitrogens with one attached hydrogen (secondary N) is 1. The van der Waals surface area contributed by atoms with Crippen LogP contribution in [0.4, 0.5) is 5.69 Å². The predicted octanol–water partition coefficient (Wildman–Crippen LogP) is 1.58. The zero-order chi connectivity index (χ0) is 12.2. The molecule has 4 nitrogen and oxygen atoms in total. The highest BCUT2D eigenvalue weighted by Gasteiger charge is 2.07. The molecule has 0 aromatic heterocycles. The molecule has 0 aliphatic heterocycles. The van der Waals surface area contributed by atoms with E-state index in [-0.39, 0.29) is 5.78 Å². The van der Waals surface area contributed by atoms with Crippen LogP contribution in [0.2, 0.25) is 0 Å². The SMILES string of the molecule is CC(=O)CCc1ccccc1NS(C)(=O)=O. The van der Waals surface area contributed by atoms with Crippen LogP contribution in [0.25, 0.3) is 0 Å². The smallest absolute Gasteiger partial charge is 0.229 e. The number of para-hydroxylation sites is 1. The van der Waals surface area contributed by atoms with Gasteiger partial charge in [-0.15, -0.1) is 0 Å². The second kappa shape index (κ2) is 5.12. The van der Waals surface area contributed by atoms with E-state index < -0.39 is 10.0 Å². The summed E-state index contributed by atoms with van der Waals surface area (Å²) in [6, 6.07) is 7.08. The number of Topliss-reactive ketones (excluding diaryl/α,β-unsaturated/α-hetero) is 1. The zero-order valence-electron chi connectivity index (χ0n) is 9.36. The molecule has 0 saturated carbocycles. The van der Waals surface area contributed by atoms with Crippen molar-refractivity contribution in [2.45, 2.75) is 19.8 Å². The molecule has 0 atom stereocenters. The van der Waals surface area contributed by atoms with Crippen molar-refractivity contribution in [3.63, 3.8) is 0 Å². The van der Waals surface area contributed by atoms with Crippen LogP contribution in [0.15, 0.2) is 24.3 Å². The summed E-state index contributed by atoms with van der Waals surface area (Å²) in [5.74, 6) is 0.0918. The lowest BCUT2D eigenvalue weighted by molar-refractivity contribution is -0.116. The van der Waals surface area contributed by atoms with E-state index in [0.717, 1.165) is 11.8 Å². The molecule has 0 spiro atoms. The monoisotopic (exact) mass is 241 g/mol. The van der Waals surface area contributed by atoms with Gasteiger partial charge in [-0.05, 0) is 25.0 Å². The van der Waals surface area contributed by atoms with Gasteiger partial charge in [-0.25, -0.2) is 8.42 Å². The van der Waals surface area contributed by atoms with Gasteiger partial charge >= 0.3 is 0 Å². The second-order valence-corrected chi connectivity index (χ2v) is 5.48. The summed E-state index contributed by atoms with van der Waals surface area (Å²) in [6.07, 6.45) is 2.07. The Kier molecular flexibility index (Phi) is 4.06. The molecule has 1 aromatic rings. The summed E-state index contributed by atoms with van der Waals surface area (Å²) < 4.78 is 24.7. The predicted molar refractivity (Wildman–Crippen MR) is 63.9 cm³/mol. The van der Waals surface area contributed by atoms with Crippen molar-refractivity contribution in [2.75, 3.05) is 11.0 Å². The Morgan fingerprint density at radius 1 is 1.31 bits per heavy atom. The molecule has 0 saturated heterocycles. The first kappa shape index (κ1) is 12.7. The molecule has 1 aromatic carbocycles. The second-order valence-electron chi connectivity index (χ2n) is 3.73. The molecule has 1 N–H and O–H groups in total. The Labute approximate surface area is 95.7 Å². The summed E-state index contributed by atoms with van der Waals surface area (Å²) in [6.45, 7) is 1.52. The van der Waals surface area contributed by atoms with E-state index in [1.165, 1.54) is 6.92 Å². The number of ketones is 1. The van der Waals surface area contributed by atoms with Crippen LogP contribution >= 0.6 is 0 Å². The molecule has 88 valence electrons. The number of hydrogen-bond acceptors (Lipinski definition) is 3. The fourth-order valence-corrected chi connectivity index (χ4v) is 1.95. The van der Waals surface area contributed by atoms with E-state index in [1.54, 1.807) is 12.1 Å². The number of carbonyl (C=O) groups is 1. The minimum absolute atomic E-state index is 0.0918. The van der Waals surface area contributed by atoms with Crippen molar-refractivity contribution < 1.29 is 13.2 Å². The molecule has 0 heterocycles. The topological polar surface area (TPSA) is 63.2 Å². The normalized spacial score (nSPS) is 11.1.